The van der Waals surface area contributed by atoms with E-state index in [2.05, 4.69) is 48.1 Å². The molecule has 0 saturated carbocycles. The van der Waals surface area contributed by atoms with Gasteiger partial charge in [0.05, 0.1) is 0 Å². The number of hydrogen-bond acceptors (Lipinski definition) is 5. The summed E-state index contributed by atoms with van der Waals surface area (Å²) in [5.41, 5.74) is 2.80. The molecule has 29 heavy (non-hydrogen) atoms. The first-order chi connectivity index (χ1) is 13.9. The number of nitrogens with zero attached hydrogens (tertiary/aromatic N) is 3. The molecule has 1 fully saturated rings. The fourth-order valence-electron chi connectivity index (χ4n) is 3.52. The molecule has 0 spiro atoms. The van der Waals surface area contributed by atoms with Crippen molar-refractivity contribution in [2.24, 2.45) is 5.92 Å². The number of piperidine rings is 1. The Morgan fingerprint density at radius 2 is 2.10 bits per heavy atom. The molecule has 2 heterocycles. The summed E-state index contributed by atoms with van der Waals surface area (Å²) in [6.07, 6.45) is 3.74. The number of rotatable bonds is 7. The average Bonchev–Trinajstić information content (AvgIpc) is 2.70. The second kappa shape index (κ2) is 10.1. The lowest BCUT2D eigenvalue weighted by atomic mass is 10.0. The van der Waals surface area contributed by atoms with Gasteiger partial charge in [-0.25, -0.2) is 9.97 Å². The number of amides is 1. The van der Waals surface area contributed by atoms with Crippen LogP contribution in [0.1, 0.15) is 61.6 Å². The third-order valence-corrected chi connectivity index (χ3v) is 6.06. The maximum absolute atomic E-state index is 12.3. The van der Waals surface area contributed by atoms with Gasteiger partial charge in [-0.1, -0.05) is 37.7 Å². The van der Waals surface area contributed by atoms with Crippen molar-refractivity contribution in [3.05, 3.63) is 47.2 Å². The van der Waals surface area contributed by atoms with Crippen LogP contribution in [0, 0.1) is 12.8 Å². The molecule has 6 heteroatoms. The van der Waals surface area contributed by atoms with E-state index in [0.717, 1.165) is 34.5 Å². The molecular formula is C23H32N4OS. The minimum Gasteiger partial charge on any atom is -0.354 e. The van der Waals surface area contributed by atoms with Crippen LogP contribution in [0.25, 0.3) is 0 Å². The van der Waals surface area contributed by atoms with Crippen LogP contribution >= 0.6 is 11.8 Å². The first-order valence-electron chi connectivity index (χ1n) is 10.5. The molecule has 3 rings (SSSR count). The second-order valence-electron chi connectivity index (χ2n) is 8.28. The lowest BCUT2D eigenvalue weighted by Gasteiger charge is -2.34. The lowest BCUT2D eigenvalue weighted by molar-refractivity contribution is 0.0949. The molecule has 5 nitrogen and oxygen atoms in total. The van der Waals surface area contributed by atoms with Crippen LogP contribution in [0.15, 0.2) is 35.5 Å². The SMILES string of the molecule is Cc1cc(N2CCCC[C@H]2C)nc(SCc2cccc(C(=O)NCC(C)C)c2)n1. The van der Waals surface area contributed by atoms with E-state index >= 15 is 0 Å². The number of carbonyl (C=O) groups is 1. The highest BCUT2D eigenvalue weighted by molar-refractivity contribution is 7.98. The summed E-state index contributed by atoms with van der Waals surface area (Å²) in [5, 5.41) is 3.78. The van der Waals surface area contributed by atoms with Gasteiger partial charge in [-0.3, -0.25) is 4.79 Å². The van der Waals surface area contributed by atoms with Gasteiger partial charge < -0.3 is 10.2 Å². The largest absolute Gasteiger partial charge is 0.354 e. The highest BCUT2D eigenvalue weighted by Gasteiger charge is 2.20. The third kappa shape index (κ3) is 6.20. The lowest BCUT2D eigenvalue weighted by Crippen LogP contribution is -2.38. The minimum absolute atomic E-state index is 0.0151. The Labute approximate surface area is 178 Å². The van der Waals surface area contributed by atoms with Gasteiger partial charge >= 0.3 is 0 Å². The van der Waals surface area contributed by atoms with Gasteiger partial charge in [-0.2, -0.15) is 0 Å². The summed E-state index contributed by atoms with van der Waals surface area (Å²) in [6, 6.07) is 10.4. The third-order valence-electron chi connectivity index (χ3n) is 5.15. The van der Waals surface area contributed by atoms with Crippen LogP contribution in [0.2, 0.25) is 0 Å². The Hall–Kier alpha value is -2.08. The Bertz CT molecular complexity index is 839. The van der Waals surface area contributed by atoms with Crippen molar-refractivity contribution >= 4 is 23.5 Å². The molecule has 1 saturated heterocycles. The smallest absolute Gasteiger partial charge is 0.251 e. The molecular weight excluding hydrogens is 380 g/mol. The molecule has 0 radical (unpaired) electrons. The molecule has 0 aliphatic carbocycles. The molecule has 156 valence electrons. The van der Waals surface area contributed by atoms with Gasteiger partial charge in [0, 0.05) is 42.2 Å². The molecule has 1 amide bonds. The van der Waals surface area contributed by atoms with Crippen molar-refractivity contribution in [3.8, 4) is 0 Å². The molecule has 2 aromatic rings. The monoisotopic (exact) mass is 412 g/mol. The normalized spacial score (nSPS) is 16.9. The first-order valence-corrected chi connectivity index (χ1v) is 11.5. The van der Waals surface area contributed by atoms with E-state index in [4.69, 9.17) is 4.98 Å². The molecule has 1 atom stereocenters. The molecule has 1 aliphatic rings. The molecule has 1 aromatic carbocycles. The van der Waals surface area contributed by atoms with Crippen LogP contribution in [-0.4, -0.2) is 35.0 Å². The average molecular weight is 413 g/mol. The Kier molecular flexibility index (Phi) is 7.53. The van der Waals surface area contributed by atoms with Gasteiger partial charge in [-0.05, 0) is 56.7 Å². The number of carbonyl (C=O) groups excluding carboxylic acids is 1. The van der Waals surface area contributed by atoms with E-state index in [1.807, 2.05) is 25.1 Å². The first kappa shape index (κ1) is 21.6. The fraction of sp³-hybridized carbons (Fsp3) is 0.522. The van der Waals surface area contributed by atoms with Crippen LogP contribution in [0.5, 0.6) is 0 Å². The van der Waals surface area contributed by atoms with Gasteiger partial charge in [0.15, 0.2) is 5.16 Å². The van der Waals surface area contributed by atoms with Crippen molar-refractivity contribution in [2.75, 3.05) is 18.0 Å². The topological polar surface area (TPSA) is 58.1 Å². The number of benzene rings is 1. The van der Waals surface area contributed by atoms with Crippen molar-refractivity contribution < 1.29 is 4.79 Å². The summed E-state index contributed by atoms with van der Waals surface area (Å²) in [6.45, 7) is 10.2. The quantitative estimate of drug-likeness (QED) is 0.521. The highest BCUT2D eigenvalue weighted by atomic mass is 32.2. The molecule has 1 aromatic heterocycles. The van der Waals surface area contributed by atoms with Gasteiger partial charge in [0.25, 0.3) is 5.91 Å². The van der Waals surface area contributed by atoms with Crippen LogP contribution in [-0.2, 0) is 5.75 Å². The van der Waals surface area contributed by atoms with Crippen LogP contribution in [0.4, 0.5) is 5.82 Å². The van der Waals surface area contributed by atoms with Gasteiger partial charge in [-0.15, -0.1) is 0 Å². The van der Waals surface area contributed by atoms with E-state index in [-0.39, 0.29) is 5.91 Å². The summed E-state index contributed by atoms with van der Waals surface area (Å²) in [7, 11) is 0. The number of nitrogens with one attached hydrogen (secondary N) is 1. The molecule has 0 bridgehead atoms. The van der Waals surface area contributed by atoms with Crippen molar-refractivity contribution in [1.29, 1.82) is 0 Å². The van der Waals surface area contributed by atoms with E-state index < -0.39 is 0 Å². The summed E-state index contributed by atoms with van der Waals surface area (Å²) in [5.74, 6) is 2.20. The molecule has 1 N–H and O–H groups in total. The number of hydrogen-bond donors (Lipinski definition) is 1. The summed E-state index contributed by atoms with van der Waals surface area (Å²) in [4.78, 5) is 24.2. The Morgan fingerprint density at radius 1 is 1.28 bits per heavy atom. The maximum atomic E-state index is 12.3. The van der Waals surface area contributed by atoms with E-state index in [9.17, 15) is 4.79 Å². The van der Waals surface area contributed by atoms with Crippen molar-refractivity contribution in [1.82, 2.24) is 15.3 Å². The van der Waals surface area contributed by atoms with Crippen molar-refractivity contribution in [2.45, 2.75) is 63.9 Å². The number of anilines is 1. The zero-order valence-corrected chi connectivity index (χ0v) is 18.8. The number of aryl methyl sites for hydroxylation is 1. The second-order valence-corrected chi connectivity index (χ2v) is 9.22. The fourth-order valence-corrected chi connectivity index (χ4v) is 4.37. The van der Waals surface area contributed by atoms with Crippen LogP contribution < -0.4 is 10.2 Å². The Balaban J connectivity index is 1.67. The molecule has 0 unspecified atom stereocenters. The predicted octanol–water partition coefficient (Wildman–Crippen LogP) is 4.84. The predicted molar refractivity (Wildman–Crippen MR) is 121 cm³/mol. The van der Waals surface area contributed by atoms with E-state index in [1.54, 1.807) is 11.8 Å². The summed E-state index contributed by atoms with van der Waals surface area (Å²) >= 11 is 1.63. The maximum Gasteiger partial charge on any atom is 0.251 e. The minimum atomic E-state index is -0.0151. The highest BCUT2D eigenvalue weighted by Crippen LogP contribution is 2.27. The van der Waals surface area contributed by atoms with Crippen molar-refractivity contribution in [3.63, 3.8) is 0 Å². The molecule has 1 aliphatic heterocycles. The zero-order valence-electron chi connectivity index (χ0n) is 17.9. The van der Waals surface area contributed by atoms with Crippen LogP contribution in [0.3, 0.4) is 0 Å². The Morgan fingerprint density at radius 3 is 2.86 bits per heavy atom. The van der Waals surface area contributed by atoms with Gasteiger partial charge in [0.1, 0.15) is 5.82 Å². The van der Waals surface area contributed by atoms with Gasteiger partial charge in [0.2, 0.25) is 0 Å². The number of thioether (sulfide) groups is 1. The number of aromatic nitrogens is 2. The zero-order chi connectivity index (χ0) is 20.8. The van der Waals surface area contributed by atoms with E-state index in [0.29, 0.717) is 24.1 Å². The standard InChI is InChI=1S/C23H32N4OS/c1-16(2)14-24-22(28)20-10-7-9-19(13-20)15-29-23-25-17(3)12-21(26-23)27-11-6-5-8-18(27)4/h7,9-10,12-13,16,18H,5-6,8,11,14-15H2,1-4H3,(H,24,28)/t18-/m1/s1. The summed E-state index contributed by atoms with van der Waals surface area (Å²) < 4.78 is 0. The van der Waals surface area contributed by atoms with E-state index in [1.165, 1.54) is 19.3 Å².